The number of carbonyl (C=O) groups is 2. The summed E-state index contributed by atoms with van der Waals surface area (Å²) < 4.78 is 1.14. The van der Waals surface area contributed by atoms with Crippen LogP contribution in [0.4, 0.5) is 5.82 Å². The fourth-order valence-electron chi connectivity index (χ4n) is 6.87. The van der Waals surface area contributed by atoms with Crippen molar-refractivity contribution in [2.24, 2.45) is 0 Å². The molecule has 5 heterocycles. The van der Waals surface area contributed by atoms with E-state index in [1.807, 2.05) is 17.0 Å². The molecule has 2 aromatic heterocycles. The van der Waals surface area contributed by atoms with E-state index in [4.69, 9.17) is 9.97 Å². The highest BCUT2D eigenvalue weighted by molar-refractivity contribution is 7.22. The second-order valence-electron chi connectivity index (χ2n) is 12.2. The second-order valence-corrected chi connectivity index (χ2v) is 13.3. The molecule has 2 aromatic carbocycles. The molecule has 2 saturated heterocycles. The third-order valence-corrected chi connectivity index (χ3v) is 10.5. The van der Waals surface area contributed by atoms with Gasteiger partial charge in [-0.15, -0.1) is 11.3 Å². The Morgan fingerprint density at radius 3 is 2.43 bits per heavy atom. The van der Waals surface area contributed by atoms with Gasteiger partial charge in [0.05, 0.1) is 11.0 Å². The van der Waals surface area contributed by atoms with E-state index in [0.717, 1.165) is 47.3 Å². The number of thiophene rings is 1. The molecule has 44 heavy (non-hydrogen) atoms. The molecule has 10 heteroatoms. The van der Waals surface area contributed by atoms with Gasteiger partial charge in [-0.3, -0.25) is 14.5 Å². The number of anilines is 1. The van der Waals surface area contributed by atoms with Gasteiger partial charge >= 0.3 is 0 Å². The van der Waals surface area contributed by atoms with Crippen LogP contribution in [-0.4, -0.2) is 92.5 Å². The molecule has 3 aliphatic rings. The Labute approximate surface area is 261 Å². The predicted octanol–water partition coefficient (Wildman–Crippen LogP) is 4.41. The van der Waals surface area contributed by atoms with Crippen LogP contribution in [0.25, 0.3) is 20.8 Å². The minimum Gasteiger partial charge on any atom is -0.390 e. The number of rotatable bonds is 5. The largest absolute Gasteiger partial charge is 0.390 e. The van der Waals surface area contributed by atoms with E-state index in [1.165, 1.54) is 11.1 Å². The number of likely N-dealkylation sites (tertiary alicyclic amines) is 2. The monoisotopic (exact) mass is 610 g/mol. The number of aromatic nitrogens is 2. The van der Waals surface area contributed by atoms with Gasteiger partial charge in [0.15, 0.2) is 5.82 Å². The van der Waals surface area contributed by atoms with Crippen LogP contribution < -0.4 is 5.32 Å². The third-order valence-electron chi connectivity index (χ3n) is 9.35. The Morgan fingerprint density at radius 1 is 0.909 bits per heavy atom. The van der Waals surface area contributed by atoms with Gasteiger partial charge in [-0.25, -0.2) is 9.97 Å². The zero-order valence-corrected chi connectivity index (χ0v) is 25.8. The summed E-state index contributed by atoms with van der Waals surface area (Å²) >= 11 is 1.61. The van der Waals surface area contributed by atoms with Gasteiger partial charge in [0.25, 0.3) is 5.91 Å². The minimum absolute atomic E-state index is 0.0185. The summed E-state index contributed by atoms with van der Waals surface area (Å²) in [4.78, 5) is 42.3. The van der Waals surface area contributed by atoms with Gasteiger partial charge in [0.1, 0.15) is 11.5 Å². The van der Waals surface area contributed by atoms with E-state index >= 15 is 0 Å². The number of piperidine rings is 2. The number of hydrogen-bond acceptors (Lipinski definition) is 8. The Hall–Kier alpha value is -3.86. The van der Waals surface area contributed by atoms with Gasteiger partial charge in [-0.1, -0.05) is 42.5 Å². The number of carbonyl (C=O) groups excluding carboxylic acids is 2. The van der Waals surface area contributed by atoms with Gasteiger partial charge < -0.3 is 20.2 Å². The van der Waals surface area contributed by atoms with Crippen molar-refractivity contribution in [3.63, 3.8) is 0 Å². The van der Waals surface area contributed by atoms with E-state index in [2.05, 4.69) is 52.7 Å². The molecule has 2 atom stereocenters. The van der Waals surface area contributed by atoms with E-state index in [0.29, 0.717) is 43.4 Å². The summed E-state index contributed by atoms with van der Waals surface area (Å²) in [6.07, 6.45) is 2.68. The standard InChI is InChI=1S/C34H38N6O3S/c1-22(41)38-15-11-26(12-16-38)35-32-19-27(36-33(37-32)31-18-24-7-4-5-9-30(24)44-31)34(43)40-17-13-28(29(42)21-40)39-14-10-23-6-2-3-8-25(23)20-39/h2-9,18-19,26,28-29,42H,10-17,20-21H2,1H3,(H,35,36,37)/t28-,29-/m1/s1. The van der Waals surface area contributed by atoms with E-state index in [1.54, 1.807) is 29.2 Å². The molecule has 3 aliphatic heterocycles. The fraction of sp³-hybridized carbons (Fsp3) is 0.412. The number of fused-ring (bicyclic) bond motifs is 2. The first-order valence-electron chi connectivity index (χ1n) is 15.6. The molecule has 2 fully saturated rings. The first kappa shape index (κ1) is 28.9. The lowest BCUT2D eigenvalue weighted by Gasteiger charge is -2.43. The zero-order chi connectivity index (χ0) is 30.2. The van der Waals surface area contributed by atoms with Crippen molar-refractivity contribution in [2.75, 3.05) is 38.0 Å². The van der Waals surface area contributed by atoms with Crippen molar-refractivity contribution >= 4 is 39.1 Å². The van der Waals surface area contributed by atoms with Crippen LogP contribution in [-0.2, 0) is 17.8 Å². The van der Waals surface area contributed by atoms with Crippen LogP contribution in [0.3, 0.4) is 0 Å². The van der Waals surface area contributed by atoms with E-state index < -0.39 is 6.10 Å². The van der Waals surface area contributed by atoms with Crippen LogP contribution in [0, 0.1) is 0 Å². The maximum absolute atomic E-state index is 14.0. The molecule has 4 aromatic rings. The topological polar surface area (TPSA) is 102 Å². The molecule has 9 nitrogen and oxygen atoms in total. The molecule has 0 bridgehead atoms. The quantitative estimate of drug-likeness (QED) is 0.345. The minimum atomic E-state index is -0.633. The molecular formula is C34H38N6O3S. The smallest absolute Gasteiger partial charge is 0.272 e. The van der Waals surface area contributed by atoms with Crippen LogP contribution in [0.1, 0.15) is 47.8 Å². The number of nitrogens with one attached hydrogen (secondary N) is 1. The van der Waals surface area contributed by atoms with Crippen molar-refractivity contribution < 1.29 is 14.7 Å². The van der Waals surface area contributed by atoms with Gasteiger partial charge in [-0.2, -0.15) is 0 Å². The number of benzene rings is 2. The molecule has 7 rings (SSSR count). The van der Waals surface area contributed by atoms with Crippen molar-refractivity contribution in [2.45, 2.75) is 57.3 Å². The highest BCUT2D eigenvalue weighted by Gasteiger charge is 2.36. The zero-order valence-electron chi connectivity index (χ0n) is 25.0. The Morgan fingerprint density at radius 2 is 1.66 bits per heavy atom. The van der Waals surface area contributed by atoms with Crippen molar-refractivity contribution in [1.29, 1.82) is 0 Å². The lowest BCUT2D eigenvalue weighted by molar-refractivity contribution is -0.129. The Bertz CT molecular complexity index is 1650. The number of amides is 2. The van der Waals surface area contributed by atoms with Crippen LogP contribution in [0.15, 0.2) is 60.7 Å². The molecule has 0 saturated carbocycles. The first-order chi connectivity index (χ1) is 21.4. The van der Waals surface area contributed by atoms with Crippen molar-refractivity contribution in [3.8, 4) is 10.7 Å². The number of aliphatic hydroxyl groups excluding tert-OH is 1. The summed E-state index contributed by atoms with van der Waals surface area (Å²) in [5.74, 6) is 1.04. The maximum Gasteiger partial charge on any atom is 0.272 e. The van der Waals surface area contributed by atoms with Crippen molar-refractivity contribution in [1.82, 2.24) is 24.7 Å². The number of aliphatic hydroxyl groups is 1. The number of β-amino-alcohol motifs (C(OH)–C–C–N with tert-alkyl or cyclic N) is 1. The number of nitrogens with zero attached hydrogens (tertiary/aromatic N) is 5. The molecule has 228 valence electrons. The summed E-state index contributed by atoms with van der Waals surface area (Å²) in [6.45, 7) is 5.58. The molecular weight excluding hydrogens is 572 g/mol. The lowest BCUT2D eigenvalue weighted by Crippen LogP contribution is -2.56. The summed E-state index contributed by atoms with van der Waals surface area (Å²) in [7, 11) is 0. The lowest BCUT2D eigenvalue weighted by atomic mass is 9.94. The summed E-state index contributed by atoms with van der Waals surface area (Å²) in [5.41, 5.74) is 3.04. The van der Waals surface area contributed by atoms with Gasteiger partial charge in [-0.05, 0) is 54.3 Å². The molecule has 0 radical (unpaired) electrons. The van der Waals surface area contributed by atoms with Crippen LogP contribution in [0.5, 0.6) is 0 Å². The molecule has 0 aliphatic carbocycles. The van der Waals surface area contributed by atoms with Crippen LogP contribution in [0.2, 0.25) is 0 Å². The van der Waals surface area contributed by atoms with E-state index in [9.17, 15) is 14.7 Å². The average Bonchev–Trinajstić information content (AvgIpc) is 3.49. The van der Waals surface area contributed by atoms with Crippen molar-refractivity contribution in [3.05, 3.63) is 77.5 Å². The Kier molecular flexibility index (Phi) is 8.05. The average molecular weight is 611 g/mol. The SMILES string of the molecule is CC(=O)N1CCC(Nc2cc(C(=O)N3CC[C@@H](N4CCc5ccccc5C4)[C@H](O)C3)nc(-c3cc4ccccc4s3)n2)CC1. The first-order valence-corrected chi connectivity index (χ1v) is 16.4. The Balaban J connectivity index is 1.11. The highest BCUT2D eigenvalue weighted by atomic mass is 32.1. The number of hydrogen-bond donors (Lipinski definition) is 2. The maximum atomic E-state index is 14.0. The highest BCUT2D eigenvalue weighted by Crippen LogP contribution is 2.33. The molecule has 2 N–H and O–H groups in total. The fourth-order valence-corrected chi connectivity index (χ4v) is 7.87. The molecule has 0 unspecified atom stereocenters. The van der Waals surface area contributed by atoms with Gasteiger partial charge in [0.2, 0.25) is 5.91 Å². The summed E-state index contributed by atoms with van der Waals surface area (Å²) in [6, 6.07) is 20.7. The molecule has 2 amide bonds. The van der Waals surface area contributed by atoms with Crippen LogP contribution >= 0.6 is 11.3 Å². The molecule has 0 spiro atoms. The third kappa shape index (κ3) is 5.94. The second kappa shape index (κ2) is 12.3. The normalized spacial score (nSPS) is 21.3. The predicted molar refractivity (Wildman–Crippen MR) is 173 cm³/mol. The van der Waals surface area contributed by atoms with Gasteiger partial charge in [0, 0.05) is 69.0 Å². The summed E-state index contributed by atoms with van der Waals surface area (Å²) in [5, 5.41) is 15.9. The van der Waals surface area contributed by atoms with E-state index in [-0.39, 0.29) is 30.4 Å².